The summed E-state index contributed by atoms with van der Waals surface area (Å²) in [5, 5.41) is 2.55. The van der Waals surface area contributed by atoms with Gasteiger partial charge >= 0.3 is 0 Å². The SMILES string of the molecule is C(=C\c1cccc2c3ccccc3cc[n+]12)/c1ccccc1.[O-][Cl+3]([O-])([O-])[O-]. The Hall–Kier alpha value is -2.80. The monoisotopic (exact) mass is 381 g/mol. The molecule has 136 valence electrons. The average Bonchev–Trinajstić information content (AvgIpc) is 2.65. The van der Waals surface area contributed by atoms with Crippen LogP contribution >= 0.6 is 0 Å². The Labute approximate surface area is 158 Å². The van der Waals surface area contributed by atoms with E-state index in [2.05, 4.69) is 95.5 Å². The molecule has 0 saturated heterocycles. The molecular formula is C21H16ClNO4. The van der Waals surface area contributed by atoms with E-state index in [0.29, 0.717) is 0 Å². The van der Waals surface area contributed by atoms with E-state index in [4.69, 9.17) is 18.6 Å². The van der Waals surface area contributed by atoms with Crippen LogP contribution in [0.2, 0.25) is 0 Å². The van der Waals surface area contributed by atoms with Gasteiger partial charge < -0.3 is 0 Å². The predicted octanol–water partition coefficient (Wildman–Crippen LogP) is -0.00710. The molecule has 4 rings (SSSR count). The van der Waals surface area contributed by atoms with Crippen LogP contribution in [0.5, 0.6) is 0 Å². The van der Waals surface area contributed by atoms with Gasteiger partial charge in [0.1, 0.15) is 0 Å². The van der Waals surface area contributed by atoms with Gasteiger partial charge in [-0.25, -0.2) is 18.6 Å². The first-order valence-corrected chi connectivity index (χ1v) is 9.32. The molecule has 0 radical (unpaired) electrons. The predicted molar refractivity (Wildman–Crippen MR) is 92.5 cm³/mol. The summed E-state index contributed by atoms with van der Waals surface area (Å²) in [4.78, 5) is 0. The molecule has 27 heavy (non-hydrogen) atoms. The molecule has 0 unspecified atom stereocenters. The van der Waals surface area contributed by atoms with E-state index in [1.165, 1.54) is 27.5 Å². The van der Waals surface area contributed by atoms with Crippen molar-refractivity contribution in [2.75, 3.05) is 0 Å². The summed E-state index contributed by atoms with van der Waals surface area (Å²) in [6.07, 6.45) is 6.45. The molecule has 0 aliphatic heterocycles. The topological polar surface area (TPSA) is 96.3 Å². The number of nitrogens with zero attached hydrogens (tertiary/aromatic N) is 1. The fraction of sp³-hybridized carbons (Fsp3) is 0. The van der Waals surface area contributed by atoms with Crippen LogP contribution in [0.1, 0.15) is 11.3 Å². The van der Waals surface area contributed by atoms with Gasteiger partial charge in [-0.2, -0.15) is 4.40 Å². The van der Waals surface area contributed by atoms with Crippen molar-refractivity contribution in [2.45, 2.75) is 0 Å². The lowest BCUT2D eigenvalue weighted by atomic mass is 10.1. The summed E-state index contributed by atoms with van der Waals surface area (Å²) in [7, 11) is -4.94. The van der Waals surface area contributed by atoms with Gasteiger partial charge in [-0.3, -0.25) is 0 Å². The van der Waals surface area contributed by atoms with E-state index in [0.717, 1.165) is 0 Å². The maximum Gasteiger partial charge on any atom is 0.219 e. The van der Waals surface area contributed by atoms with Crippen LogP contribution in [0, 0.1) is 10.2 Å². The van der Waals surface area contributed by atoms with Crippen molar-refractivity contribution >= 4 is 28.4 Å². The highest BCUT2D eigenvalue weighted by molar-refractivity contribution is 5.93. The average molecular weight is 382 g/mol. The molecule has 6 heteroatoms. The molecule has 0 spiro atoms. The third-order valence-electron chi connectivity index (χ3n) is 3.94. The second-order valence-corrected chi connectivity index (χ2v) is 6.49. The minimum atomic E-state index is -4.94. The Kier molecular flexibility index (Phi) is 5.81. The number of hydrogen-bond acceptors (Lipinski definition) is 4. The van der Waals surface area contributed by atoms with Crippen LogP contribution in [0.25, 0.3) is 28.4 Å². The zero-order valence-corrected chi connectivity index (χ0v) is 15.0. The minimum Gasteiger partial charge on any atom is -0.222 e. The molecule has 5 nitrogen and oxygen atoms in total. The number of benzene rings is 2. The fourth-order valence-electron chi connectivity index (χ4n) is 2.84. The second kappa shape index (κ2) is 8.26. The lowest BCUT2D eigenvalue weighted by Gasteiger charge is -2.17. The number of rotatable bonds is 2. The Morgan fingerprint density at radius 1 is 0.667 bits per heavy atom. The van der Waals surface area contributed by atoms with Crippen molar-refractivity contribution in [3.8, 4) is 0 Å². The third-order valence-corrected chi connectivity index (χ3v) is 3.94. The minimum absolute atomic E-state index is 1.17. The standard InChI is InChI=1S/C21H16N.ClHO4/c1-2-7-17(8-3-1)13-14-19-10-6-12-21-20-11-5-4-9-18(20)15-16-22(19)21;2-1(3,4)5/h1-16H;(H,2,3,4,5)/q+1;/p-1/b14-13+;. The summed E-state index contributed by atoms with van der Waals surface area (Å²) in [6, 6.07) is 27.5. The lowest BCUT2D eigenvalue weighted by Crippen LogP contribution is -2.68. The molecule has 0 aliphatic rings. The van der Waals surface area contributed by atoms with E-state index in [-0.39, 0.29) is 0 Å². The quantitative estimate of drug-likeness (QED) is 0.360. The van der Waals surface area contributed by atoms with Crippen LogP contribution in [-0.4, -0.2) is 0 Å². The highest BCUT2D eigenvalue weighted by atomic mass is 35.7. The van der Waals surface area contributed by atoms with Crippen LogP contribution in [0.15, 0.2) is 85.1 Å². The maximum atomic E-state index is 8.49. The van der Waals surface area contributed by atoms with E-state index in [1.807, 2.05) is 6.07 Å². The number of hydrogen-bond donors (Lipinski definition) is 0. The molecule has 0 bridgehead atoms. The molecule has 2 aromatic heterocycles. The third kappa shape index (κ3) is 5.34. The van der Waals surface area contributed by atoms with Gasteiger partial charge in [0, 0.05) is 24.3 Å². The number of aromatic nitrogens is 1. The van der Waals surface area contributed by atoms with E-state index >= 15 is 0 Å². The number of pyridine rings is 2. The first-order chi connectivity index (χ1) is 12.9. The summed E-state index contributed by atoms with van der Waals surface area (Å²) in [5.41, 5.74) is 3.61. The zero-order valence-electron chi connectivity index (χ0n) is 14.2. The molecule has 4 aromatic rings. The fourth-order valence-corrected chi connectivity index (χ4v) is 2.84. The van der Waals surface area contributed by atoms with E-state index in [9.17, 15) is 0 Å². The molecule has 2 heterocycles. The largest absolute Gasteiger partial charge is 0.222 e. The van der Waals surface area contributed by atoms with Crippen molar-refractivity contribution in [3.63, 3.8) is 0 Å². The van der Waals surface area contributed by atoms with Gasteiger partial charge in [0.05, 0.1) is 5.39 Å². The van der Waals surface area contributed by atoms with Crippen molar-refractivity contribution in [2.24, 2.45) is 0 Å². The van der Waals surface area contributed by atoms with Gasteiger partial charge in [0.2, 0.25) is 11.2 Å². The summed E-state index contributed by atoms with van der Waals surface area (Å²) in [5.74, 6) is 0. The van der Waals surface area contributed by atoms with Crippen molar-refractivity contribution < 1.29 is 33.3 Å². The van der Waals surface area contributed by atoms with Crippen molar-refractivity contribution in [3.05, 3.63) is 96.3 Å². The molecule has 0 N–H and O–H groups in total. The van der Waals surface area contributed by atoms with Gasteiger partial charge in [0.15, 0.2) is 6.20 Å². The number of halogens is 1. The Morgan fingerprint density at radius 3 is 2.07 bits per heavy atom. The van der Waals surface area contributed by atoms with Crippen molar-refractivity contribution in [1.82, 2.24) is 0 Å². The lowest BCUT2D eigenvalue weighted by molar-refractivity contribution is -2.00. The van der Waals surface area contributed by atoms with Crippen LogP contribution in [0.4, 0.5) is 0 Å². The molecule has 0 atom stereocenters. The van der Waals surface area contributed by atoms with E-state index in [1.54, 1.807) is 0 Å². The Balaban J connectivity index is 0.000000376. The highest BCUT2D eigenvalue weighted by Gasteiger charge is 2.10. The molecule has 2 aromatic carbocycles. The maximum absolute atomic E-state index is 8.49. The summed E-state index contributed by atoms with van der Waals surface area (Å²) >= 11 is 0. The van der Waals surface area contributed by atoms with Gasteiger partial charge in [-0.05, 0) is 29.2 Å². The Morgan fingerprint density at radius 2 is 1.33 bits per heavy atom. The molecule has 0 amide bonds. The molecule has 0 fully saturated rings. The van der Waals surface area contributed by atoms with Crippen LogP contribution < -0.4 is 23.0 Å². The van der Waals surface area contributed by atoms with Crippen LogP contribution in [0.3, 0.4) is 0 Å². The molecule has 0 saturated carbocycles. The van der Waals surface area contributed by atoms with Crippen molar-refractivity contribution in [1.29, 1.82) is 0 Å². The Bertz CT molecular complexity index is 1070. The number of fused-ring (bicyclic) bond motifs is 3. The second-order valence-electron chi connectivity index (χ2n) is 5.73. The van der Waals surface area contributed by atoms with Gasteiger partial charge in [-0.15, -0.1) is 10.2 Å². The first-order valence-electron chi connectivity index (χ1n) is 8.09. The molecule has 0 aliphatic carbocycles. The van der Waals surface area contributed by atoms with E-state index < -0.39 is 10.2 Å². The molecular weight excluding hydrogens is 366 g/mol. The van der Waals surface area contributed by atoms with Gasteiger partial charge in [0.25, 0.3) is 0 Å². The van der Waals surface area contributed by atoms with Gasteiger partial charge in [-0.1, -0.05) is 48.5 Å². The summed E-state index contributed by atoms with van der Waals surface area (Å²) in [6.45, 7) is 0. The normalized spacial score (nSPS) is 11.6. The zero-order chi connectivity index (χ0) is 19.3. The first kappa shape index (κ1) is 19.0. The summed E-state index contributed by atoms with van der Waals surface area (Å²) < 4.78 is 36.2. The van der Waals surface area contributed by atoms with Crippen LogP contribution in [-0.2, 0) is 0 Å². The highest BCUT2D eigenvalue weighted by Crippen LogP contribution is 2.17. The smallest absolute Gasteiger partial charge is 0.219 e.